The molecular formula is C10H13N3. The molecule has 0 aliphatic carbocycles. The zero-order valence-corrected chi connectivity index (χ0v) is 7.91. The summed E-state index contributed by atoms with van der Waals surface area (Å²) in [7, 11) is 1.93. The maximum atomic E-state index is 5.77. The van der Waals surface area contributed by atoms with E-state index in [1.54, 1.807) is 0 Å². The van der Waals surface area contributed by atoms with Gasteiger partial charge in [0.25, 0.3) is 0 Å². The van der Waals surface area contributed by atoms with Crippen molar-refractivity contribution in [3.63, 3.8) is 0 Å². The van der Waals surface area contributed by atoms with E-state index in [4.69, 9.17) is 5.73 Å². The minimum atomic E-state index is 0.618. The highest BCUT2D eigenvalue weighted by Crippen LogP contribution is 2.23. The van der Waals surface area contributed by atoms with Crippen molar-refractivity contribution in [1.29, 1.82) is 0 Å². The Bertz CT molecular complexity index is 443. The van der Waals surface area contributed by atoms with E-state index in [1.807, 2.05) is 23.9 Å². The number of nitrogens with two attached hydrogens (primary N) is 1. The van der Waals surface area contributed by atoms with Gasteiger partial charge in [0.1, 0.15) is 0 Å². The number of fused-ring (bicyclic) bond motifs is 1. The number of para-hydroxylation sites is 1. The average molecular weight is 175 g/mol. The molecule has 3 nitrogen and oxygen atoms in total. The van der Waals surface area contributed by atoms with Gasteiger partial charge in [0, 0.05) is 12.4 Å². The Morgan fingerprint density at radius 1 is 1.46 bits per heavy atom. The zero-order valence-electron chi connectivity index (χ0n) is 7.91. The predicted octanol–water partition coefficient (Wildman–Crippen LogP) is 1.72. The average Bonchev–Trinajstić information content (AvgIpc) is 2.43. The molecule has 0 bridgehead atoms. The molecule has 3 heteroatoms. The van der Waals surface area contributed by atoms with Crippen LogP contribution in [-0.2, 0) is 13.5 Å². The second-order valence-electron chi connectivity index (χ2n) is 3.18. The van der Waals surface area contributed by atoms with E-state index in [1.165, 1.54) is 5.56 Å². The molecule has 0 fully saturated rings. The van der Waals surface area contributed by atoms with E-state index >= 15 is 0 Å². The normalized spacial score (nSPS) is 10.9. The third-order valence-electron chi connectivity index (χ3n) is 2.36. The summed E-state index contributed by atoms with van der Waals surface area (Å²) in [6, 6.07) is 6.15. The zero-order chi connectivity index (χ0) is 9.42. The minimum Gasteiger partial charge on any atom is -0.382 e. The fraction of sp³-hybridized carbons (Fsp3) is 0.300. The summed E-state index contributed by atoms with van der Waals surface area (Å²) in [5.41, 5.74) is 8.22. The molecule has 0 aliphatic heterocycles. The van der Waals surface area contributed by atoms with Crippen LogP contribution in [0.5, 0.6) is 0 Å². The lowest BCUT2D eigenvalue weighted by molar-refractivity contribution is 0.797. The van der Waals surface area contributed by atoms with Crippen LogP contribution in [0.15, 0.2) is 18.2 Å². The molecule has 2 rings (SSSR count). The molecule has 0 saturated carbocycles. The fourth-order valence-corrected chi connectivity index (χ4v) is 1.73. The molecule has 0 atom stereocenters. The van der Waals surface area contributed by atoms with Crippen molar-refractivity contribution in [2.75, 3.05) is 5.73 Å². The van der Waals surface area contributed by atoms with Gasteiger partial charge in [0.05, 0.1) is 5.52 Å². The Morgan fingerprint density at radius 2 is 2.23 bits per heavy atom. The minimum absolute atomic E-state index is 0.618. The molecule has 13 heavy (non-hydrogen) atoms. The van der Waals surface area contributed by atoms with Gasteiger partial charge in [-0.1, -0.05) is 19.1 Å². The number of anilines is 1. The first-order valence-electron chi connectivity index (χ1n) is 4.44. The molecule has 0 amide bonds. The third-order valence-corrected chi connectivity index (χ3v) is 2.36. The quantitative estimate of drug-likeness (QED) is 0.717. The van der Waals surface area contributed by atoms with Gasteiger partial charge in [-0.2, -0.15) is 5.10 Å². The number of benzene rings is 1. The standard InChI is InChI=1S/C10H13N3/c1-3-7-5-4-6-8-9(7)13(2)12-10(8)11/h4-6H,3H2,1-2H3,(H2,11,12). The maximum absolute atomic E-state index is 5.77. The SMILES string of the molecule is CCc1cccc2c(N)nn(C)c12. The van der Waals surface area contributed by atoms with Crippen LogP contribution in [0, 0.1) is 0 Å². The smallest absolute Gasteiger partial charge is 0.153 e. The number of hydrogen-bond donors (Lipinski definition) is 1. The number of aromatic nitrogens is 2. The van der Waals surface area contributed by atoms with Crippen molar-refractivity contribution >= 4 is 16.7 Å². The van der Waals surface area contributed by atoms with E-state index in [-0.39, 0.29) is 0 Å². The maximum Gasteiger partial charge on any atom is 0.153 e. The topological polar surface area (TPSA) is 43.8 Å². The molecule has 1 heterocycles. The van der Waals surface area contributed by atoms with Crippen LogP contribution in [0.25, 0.3) is 10.9 Å². The van der Waals surface area contributed by atoms with Crippen LogP contribution in [0.4, 0.5) is 5.82 Å². The number of nitrogens with zero attached hydrogens (tertiary/aromatic N) is 2. The molecule has 0 saturated heterocycles. The number of hydrogen-bond acceptors (Lipinski definition) is 2. The van der Waals surface area contributed by atoms with Crippen molar-refractivity contribution < 1.29 is 0 Å². The lowest BCUT2D eigenvalue weighted by Gasteiger charge is -2.00. The van der Waals surface area contributed by atoms with Gasteiger partial charge in [-0.25, -0.2) is 0 Å². The van der Waals surface area contributed by atoms with Crippen molar-refractivity contribution in [3.05, 3.63) is 23.8 Å². The van der Waals surface area contributed by atoms with E-state index in [2.05, 4.69) is 18.1 Å². The highest BCUT2D eigenvalue weighted by molar-refractivity contribution is 5.91. The van der Waals surface area contributed by atoms with Crippen LogP contribution in [0.1, 0.15) is 12.5 Å². The number of aryl methyl sites for hydroxylation is 2. The van der Waals surface area contributed by atoms with Crippen LogP contribution >= 0.6 is 0 Å². The Morgan fingerprint density at radius 3 is 2.92 bits per heavy atom. The van der Waals surface area contributed by atoms with Gasteiger partial charge in [0.2, 0.25) is 0 Å². The molecule has 0 unspecified atom stereocenters. The highest BCUT2D eigenvalue weighted by atomic mass is 15.3. The lowest BCUT2D eigenvalue weighted by Crippen LogP contribution is -1.93. The van der Waals surface area contributed by atoms with Crippen LogP contribution in [-0.4, -0.2) is 9.78 Å². The molecule has 0 spiro atoms. The summed E-state index contributed by atoms with van der Waals surface area (Å²) in [5.74, 6) is 0.618. The Kier molecular flexibility index (Phi) is 1.72. The molecule has 1 aromatic heterocycles. The Labute approximate surface area is 77.2 Å². The van der Waals surface area contributed by atoms with E-state index in [0.717, 1.165) is 17.3 Å². The van der Waals surface area contributed by atoms with Crippen molar-refractivity contribution in [2.45, 2.75) is 13.3 Å². The molecule has 2 N–H and O–H groups in total. The highest BCUT2D eigenvalue weighted by Gasteiger charge is 2.07. The van der Waals surface area contributed by atoms with Gasteiger partial charge in [-0.3, -0.25) is 4.68 Å². The summed E-state index contributed by atoms with van der Waals surface area (Å²) < 4.78 is 1.85. The van der Waals surface area contributed by atoms with Crippen molar-refractivity contribution in [3.8, 4) is 0 Å². The molecule has 0 aliphatic rings. The summed E-state index contributed by atoms with van der Waals surface area (Å²) in [4.78, 5) is 0. The molecular weight excluding hydrogens is 162 g/mol. The van der Waals surface area contributed by atoms with E-state index < -0.39 is 0 Å². The van der Waals surface area contributed by atoms with Crippen LogP contribution in [0.3, 0.4) is 0 Å². The first-order valence-corrected chi connectivity index (χ1v) is 4.44. The first kappa shape index (κ1) is 8.10. The molecule has 0 radical (unpaired) electrons. The third kappa shape index (κ3) is 1.08. The summed E-state index contributed by atoms with van der Waals surface area (Å²) in [5, 5.41) is 5.25. The van der Waals surface area contributed by atoms with Crippen molar-refractivity contribution in [1.82, 2.24) is 9.78 Å². The van der Waals surface area contributed by atoms with Gasteiger partial charge in [-0.05, 0) is 18.1 Å². The number of rotatable bonds is 1. The second-order valence-corrected chi connectivity index (χ2v) is 3.18. The number of nitrogen functional groups attached to an aromatic ring is 1. The second kappa shape index (κ2) is 2.76. The van der Waals surface area contributed by atoms with Gasteiger partial charge >= 0.3 is 0 Å². The summed E-state index contributed by atoms with van der Waals surface area (Å²) in [6.07, 6.45) is 1.01. The van der Waals surface area contributed by atoms with Crippen LogP contribution < -0.4 is 5.73 Å². The Balaban J connectivity index is 2.88. The van der Waals surface area contributed by atoms with E-state index in [9.17, 15) is 0 Å². The van der Waals surface area contributed by atoms with Gasteiger partial charge in [0.15, 0.2) is 5.82 Å². The lowest BCUT2D eigenvalue weighted by atomic mass is 10.1. The van der Waals surface area contributed by atoms with E-state index in [0.29, 0.717) is 5.82 Å². The van der Waals surface area contributed by atoms with Crippen molar-refractivity contribution in [2.24, 2.45) is 7.05 Å². The monoisotopic (exact) mass is 175 g/mol. The van der Waals surface area contributed by atoms with Crippen LogP contribution in [0.2, 0.25) is 0 Å². The Hall–Kier alpha value is -1.51. The molecule has 1 aromatic carbocycles. The molecule has 2 aromatic rings. The predicted molar refractivity (Wildman–Crippen MR) is 54.5 cm³/mol. The van der Waals surface area contributed by atoms with Gasteiger partial charge < -0.3 is 5.73 Å². The first-order chi connectivity index (χ1) is 6.24. The van der Waals surface area contributed by atoms with Gasteiger partial charge in [-0.15, -0.1) is 0 Å². The summed E-state index contributed by atoms with van der Waals surface area (Å²) >= 11 is 0. The largest absolute Gasteiger partial charge is 0.382 e. The summed E-state index contributed by atoms with van der Waals surface area (Å²) in [6.45, 7) is 2.14. The molecule has 68 valence electrons. The fourth-order valence-electron chi connectivity index (χ4n) is 1.73.